The van der Waals surface area contributed by atoms with E-state index in [0.29, 0.717) is 0 Å². The van der Waals surface area contributed by atoms with Crippen LogP contribution in [0.4, 0.5) is 0 Å². The number of hydrogen-bond acceptors (Lipinski definition) is 4. The molecule has 0 radical (unpaired) electrons. The molecule has 0 atom stereocenters. The summed E-state index contributed by atoms with van der Waals surface area (Å²) in [4.78, 5) is 19.8. The first kappa shape index (κ1) is 14.1. The Morgan fingerprint density at radius 1 is 1.00 bits per heavy atom. The Balaban J connectivity index is 0.000000218. The van der Waals surface area contributed by atoms with Gasteiger partial charge in [-0.2, -0.15) is 5.26 Å². The molecule has 0 aliphatic carbocycles. The van der Waals surface area contributed by atoms with Gasteiger partial charge in [-0.25, -0.2) is 9.59 Å². The van der Waals surface area contributed by atoms with Gasteiger partial charge in [-0.3, -0.25) is 0 Å². The largest absolute Gasteiger partial charge is 0.387 e. The SMILES string of the molecule is N#CC=CC=Cc1ccccc1.O=C1C=CC(=O)O1. The van der Waals surface area contributed by atoms with E-state index in [1.54, 1.807) is 6.08 Å². The predicted octanol–water partition coefficient (Wildman–Crippen LogP) is 2.41. The number of carbonyl (C=O) groups excluding carboxylic acids is 2. The molecule has 0 bridgehead atoms. The molecule has 0 fully saturated rings. The molecule has 0 saturated heterocycles. The zero-order chi connectivity index (χ0) is 13.9. The van der Waals surface area contributed by atoms with Crippen molar-refractivity contribution in [3.05, 3.63) is 66.3 Å². The molecule has 4 heteroatoms. The highest BCUT2D eigenvalue weighted by molar-refractivity contribution is 6.04. The van der Waals surface area contributed by atoms with Crippen molar-refractivity contribution in [1.82, 2.24) is 0 Å². The van der Waals surface area contributed by atoms with Gasteiger partial charge in [0.2, 0.25) is 0 Å². The van der Waals surface area contributed by atoms with Gasteiger partial charge in [0.05, 0.1) is 6.07 Å². The van der Waals surface area contributed by atoms with Gasteiger partial charge in [0.15, 0.2) is 0 Å². The van der Waals surface area contributed by atoms with Crippen molar-refractivity contribution >= 4 is 18.0 Å². The maximum Gasteiger partial charge on any atom is 0.338 e. The number of nitriles is 1. The summed E-state index contributed by atoms with van der Waals surface area (Å²) >= 11 is 0. The molecular formula is C15H11NO3. The number of rotatable bonds is 2. The molecule has 1 aliphatic heterocycles. The van der Waals surface area contributed by atoms with Crippen molar-refractivity contribution in [3.63, 3.8) is 0 Å². The van der Waals surface area contributed by atoms with Crippen molar-refractivity contribution in [2.45, 2.75) is 0 Å². The highest BCUT2D eigenvalue weighted by Gasteiger charge is 2.10. The number of ether oxygens (including phenoxy) is 1. The van der Waals surface area contributed by atoms with Crippen molar-refractivity contribution < 1.29 is 14.3 Å². The van der Waals surface area contributed by atoms with E-state index in [4.69, 9.17) is 5.26 Å². The Kier molecular flexibility index (Phi) is 6.10. The molecule has 94 valence electrons. The van der Waals surface area contributed by atoms with E-state index in [9.17, 15) is 9.59 Å². The van der Waals surface area contributed by atoms with Gasteiger partial charge >= 0.3 is 11.9 Å². The summed E-state index contributed by atoms with van der Waals surface area (Å²) in [5.74, 6) is -1.16. The molecule has 1 heterocycles. The highest BCUT2D eigenvalue weighted by atomic mass is 16.6. The average Bonchev–Trinajstić information content (AvgIpc) is 2.80. The van der Waals surface area contributed by atoms with Gasteiger partial charge in [0, 0.05) is 18.2 Å². The van der Waals surface area contributed by atoms with E-state index < -0.39 is 11.9 Å². The first-order valence-electron chi connectivity index (χ1n) is 5.44. The lowest BCUT2D eigenvalue weighted by Gasteiger charge is -1.87. The van der Waals surface area contributed by atoms with E-state index in [2.05, 4.69) is 4.74 Å². The quantitative estimate of drug-likeness (QED) is 0.351. The molecule has 0 aromatic heterocycles. The number of carbonyl (C=O) groups is 2. The topological polar surface area (TPSA) is 67.2 Å². The van der Waals surface area contributed by atoms with Crippen LogP contribution in [0.5, 0.6) is 0 Å². The summed E-state index contributed by atoms with van der Waals surface area (Å²) in [6.07, 6.45) is 9.13. The lowest BCUT2D eigenvalue weighted by atomic mass is 10.2. The van der Waals surface area contributed by atoms with Crippen molar-refractivity contribution in [2.24, 2.45) is 0 Å². The number of cyclic esters (lactones) is 2. The van der Waals surface area contributed by atoms with Crippen LogP contribution in [0.3, 0.4) is 0 Å². The Labute approximate surface area is 110 Å². The molecule has 0 spiro atoms. The number of allylic oxidation sites excluding steroid dienone is 3. The zero-order valence-electron chi connectivity index (χ0n) is 10.0. The summed E-state index contributed by atoms with van der Waals surface area (Å²) in [6, 6.07) is 11.9. The van der Waals surface area contributed by atoms with Crippen LogP contribution in [0.2, 0.25) is 0 Å². The van der Waals surface area contributed by atoms with Crippen molar-refractivity contribution in [3.8, 4) is 6.07 Å². The van der Waals surface area contributed by atoms with Gasteiger partial charge in [-0.05, 0) is 5.56 Å². The Morgan fingerprint density at radius 3 is 2.11 bits per heavy atom. The maximum absolute atomic E-state index is 9.92. The molecule has 0 saturated carbocycles. The Morgan fingerprint density at radius 2 is 1.63 bits per heavy atom. The lowest BCUT2D eigenvalue weighted by molar-refractivity contribution is -0.150. The number of esters is 2. The Hall–Kier alpha value is -2.93. The molecule has 4 nitrogen and oxygen atoms in total. The van der Waals surface area contributed by atoms with Gasteiger partial charge < -0.3 is 4.74 Å². The van der Waals surface area contributed by atoms with E-state index in [1.807, 2.05) is 48.6 Å². The second-order valence-electron chi connectivity index (χ2n) is 3.33. The molecule has 1 aromatic carbocycles. The van der Waals surface area contributed by atoms with E-state index in [-0.39, 0.29) is 0 Å². The van der Waals surface area contributed by atoms with Crippen LogP contribution in [0.1, 0.15) is 5.56 Å². The fourth-order valence-corrected chi connectivity index (χ4v) is 1.13. The highest BCUT2D eigenvalue weighted by Crippen LogP contribution is 2.00. The van der Waals surface area contributed by atoms with Crippen LogP contribution in [0, 0.1) is 11.3 Å². The van der Waals surface area contributed by atoms with Crippen LogP contribution >= 0.6 is 0 Å². The number of hydrogen-bond donors (Lipinski definition) is 0. The van der Waals surface area contributed by atoms with Crippen LogP contribution in [-0.4, -0.2) is 11.9 Å². The summed E-state index contributed by atoms with van der Waals surface area (Å²) in [5, 5.41) is 8.19. The van der Waals surface area contributed by atoms with Gasteiger partial charge in [-0.15, -0.1) is 0 Å². The molecule has 1 aliphatic rings. The third-order valence-corrected chi connectivity index (χ3v) is 1.93. The maximum atomic E-state index is 9.92. The molecule has 0 unspecified atom stereocenters. The summed E-state index contributed by atoms with van der Waals surface area (Å²) < 4.78 is 3.97. The third-order valence-electron chi connectivity index (χ3n) is 1.93. The van der Waals surface area contributed by atoms with E-state index in [1.165, 1.54) is 6.08 Å². The van der Waals surface area contributed by atoms with Gasteiger partial charge in [0.25, 0.3) is 0 Å². The van der Waals surface area contributed by atoms with E-state index in [0.717, 1.165) is 17.7 Å². The monoisotopic (exact) mass is 253 g/mol. The van der Waals surface area contributed by atoms with Crippen molar-refractivity contribution in [2.75, 3.05) is 0 Å². The standard InChI is InChI=1S/C11H9N.C4H2O3/c12-10-6-2-5-9-11-7-3-1-4-8-11;5-3-1-2-4(6)7-3/h1-9H;1-2H. The van der Waals surface area contributed by atoms with Gasteiger partial charge in [-0.1, -0.05) is 48.6 Å². The van der Waals surface area contributed by atoms with Gasteiger partial charge in [0.1, 0.15) is 0 Å². The molecule has 19 heavy (non-hydrogen) atoms. The summed E-state index contributed by atoms with van der Waals surface area (Å²) in [6.45, 7) is 0. The summed E-state index contributed by atoms with van der Waals surface area (Å²) in [7, 11) is 0. The number of benzene rings is 1. The summed E-state index contributed by atoms with van der Waals surface area (Å²) in [5.41, 5.74) is 1.14. The predicted molar refractivity (Wildman–Crippen MR) is 70.5 cm³/mol. The molecule has 1 aromatic rings. The molecule has 0 N–H and O–H groups in total. The lowest BCUT2D eigenvalue weighted by Crippen LogP contribution is -1.96. The zero-order valence-corrected chi connectivity index (χ0v) is 10.0. The third kappa shape index (κ3) is 6.39. The second kappa shape index (κ2) is 8.20. The average molecular weight is 253 g/mol. The minimum Gasteiger partial charge on any atom is -0.387 e. The number of nitrogens with zero attached hydrogens (tertiary/aromatic N) is 1. The smallest absolute Gasteiger partial charge is 0.338 e. The Bertz CT molecular complexity index is 547. The minimum atomic E-state index is -0.579. The van der Waals surface area contributed by atoms with Crippen LogP contribution in [-0.2, 0) is 14.3 Å². The van der Waals surface area contributed by atoms with Crippen molar-refractivity contribution in [1.29, 1.82) is 5.26 Å². The van der Waals surface area contributed by atoms with Crippen LogP contribution in [0.15, 0.2) is 60.7 Å². The van der Waals surface area contributed by atoms with E-state index >= 15 is 0 Å². The first-order chi connectivity index (χ1) is 9.22. The molecular weight excluding hydrogens is 242 g/mol. The van der Waals surface area contributed by atoms with Crippen LogP contribution < -0.4 is 0 Å². The first-order valence-corrected chi connectivity index (χ1v) is 5.44. The minimum absolute atomic E-state index is 0.579. The fraction of sp³-hybridized carbons (Fsp3) is 0. The van der Waals surface area contributed by atoms with Crippen LogP contribution in [0.25, 0.3) is 6.08 Å². The molecule has 2 rings (SSSR count). The normalized spacial score (nSPS) is 13.2. The fourth-order valence-electron chi connectivity index (χ4n) is 1.13. The second-order valence-corrected chi connectivity index (χ2v) is 3.33. The molecule has 0 amide bonds.